The van der Waals surface area contributed by atoms with Crippen LogP contribution in [0.2, 0.25) is 0 Å². The molecule has 0 saturated carbocycles. The maximum absolute atomic E-state index is 11.5. The van der Waals surface area contributed by atoms with Gasteiger partial charge in [-0.3, -0.25) is 4.79 Å². The minimum absolute atomic E-state index is 0.223. The predicted molar refractivity (Wildman–Crippen MR) is 46.9 cm³/mol. The molecule has 0 unspecified atom stereocenters. The average Bonchev–Trinajstić information content (AvgIpc) is 2.13. The van der Waals surface area contributed by atoms with Crippen LogP contribution in [0.3, 0.4) is 0 Å². The molecule has 74 valence electrons. The van der Waals surface area contributed by atoms with Crippen molar-refractivity contribution in [2.45, 2.75) is 6.10 Å². The largest absolute Gasteiger partial charge is 0.430 e. The molecule has 14 heavy (non-hydrogen) atoms. The second kappa shape index (κ2) is 3.26. The molecule has 1 aliphatic heterocycles. The van der Waals surface area contributed by atoms with Crippen molar-refractivity contribution in [2.75, 3.05) is 13.1 Å². The van der Waals surface area contributed by atoms with Gasteiger partial charge in [0, 0.05) is 19.2 Å². The van der Waals surface area contributed by atoms with Crippen LogP contribution in [0.25, 0.3) is 0 Å². The molecule has 2 heterocycles. The van der Waals surface area contributed by atoms with Crippen molar-refractivity contribution in [1.29, 1.82) is 0 Å². The van der Waals surface area contributed by atoms with Crippen molar-refractivity contribution < 1.29 is 14.3 Å². The minimum atomic E-state index is -0.481. The van der Waals surface area contributed by atoms with Gasteiger partial charge in [-0.05, 0) is 6.07 Å². The molecule has 1 amide bonds. The normalized spacial score (nSPS) is 16.5. The minimum Gasteiger partial charge on any atom is -0.430 e. The third-order valence-corrected chi connectivity index (χ3v) is 2.10. The van der Waals surface area contributed by atoms with Gasteiger partial charge in [0.2, 0.25) is 0 Å². The van der Waals surface area contributed by atoms with E-state index in [0.717, 1.165) is 6.26 Å². The van der Waals surface area contributed by atoms with Crippen LogP contribution < -0.4 is 5.63 Å². The van der Waals surface area contributed by atoms with Gasteiger partial charge in [-0.2, -0.15) is 0 Å². The zero-order valence-corrected chi connectivity index (χ0v) is 7.34. The van der Waals surface area contributed by atoms with Crippen LogP contribution >= 0.6 is 0 Å². The molecule has 1 aromatic heterocycles. The fourth-order valence-electron chi connectivity index (χ4n) is 1.28. The first-order valence-electron chi connectivity index (χ1n) is 4.23. The average molecular weight is 195 g/mol. The number of hydrogen-bond acceptors (Lipinski definition) is 4. The monoisotopic (exact) mass is 195 g/mol. The Kier molecular flexibility index (Phi) is 2.09. The molecule has 5 heteroatoms. The van der Waals surface area contributed by atoms with E-state index in [-0.39, 0.29) is 5.91 Å². The van der Waals surface area contributed by atoms with Crippen molar-refractivity contribution in [1.82, 2.24) is 4.90 Å². The lowest BCUT2D eigenvalue weighted by Gasteiger charge is -2.35. The lowest BCUT2D eigenvalue weighted by atomic mass is 10.1. The first kappa shape index (κ1) is 8.96. The molecule has 2 rings (SSSR count). The molecule has 0 aromatic carbocycles. The first-order valence-corrected chi connectivity index (χ1v) is 4.23. The molecule has 1 saturated heterocycles. The number of aliphatic hydroxyl groups excluding tert-OH is 1. The number of β-amino-alcohol motifs (C(OH)–C–C–N with tert-alkyl or cyclic N) is 1. The van der Waals surface area contributed by atoms with Crippen molar-refractivity contribution in [2.24, 2.45) is 0 Å². The number of likely N-dealkylation sites (tertiary alicyclic amines) is 1. The third-order valence-electron chi connectivity index (χ3n) is 2.10. The van der Waals surface area contributed by atoms with Gasteiger partial charge in [-0.1, -0.05) is 0 Å². The summed E-state index contributed by atoms with van der Waals surface area (Å²) in [5.74, 6) is -0.223. The highest BCUT2D eigenvalue weighted by Crippen LogP contribution is 2.11. The molecule has 1 aromatic rings. The number of aliphatic hydroxyl groups is 1. The van der Waals surface area contributed by atoms with E-state index in [1.165, 1.54) is 17.0 Å². The number of nitrogens with zero attached hydrogens (tertiary/aromatic N) is 1. The molecule has 1 fully saturated rings. The Bertz CT molecular complexity index is 385. The van der Waals surface area contributed by atoms with Gasteiger partial charge >= 0.3 is 5.63 Å². The Labute approximate surface area is 79.6 Å². The molecule has 1 aliphatic rings. The van der Waals surface area contributed by atoms with Gasteiger partial charge in [-0.25, -0.2) is 4.79 Å². The zero-order valence-electron chi connectivity index (χ0n) is 7.34. The van der Waals surface area contributed by atoms with Gasteiger partial charge in [0.25, 0.3) is 5.91 Å². The summed E-state index contributed by atoms with van der Waals surface area (Å²) in [6.07, 6.45) is 0.713. The highest BCUT2D eigenvalue weighted by atomic mass is 16.4. The Hall–Kier alpha value is -1.62. The molecular weight excluding hydrogens is 186 g/mol. The number of carbonyl (C=O) groups excluding carboxylic acids is 1. The third kappa shape index (κ3) is 1.54. The second-order valence-corrected chi connectivity index (χ2v) is 3.21. The highest BCUT2D eigenvalue weighted by molar-refractivity contribution is 5.94. The summed E-state index contributed by atoms with van der Waals surface area (Å²) in [5.41, 5.74) is -0.151. The van der Waals surface area contributed by atoms with E-state index in [9.17, 15) is 9.59 Å². The number of hydrogen-bond donors (Lipinski definition) is 1. The van der Waals surface area contributed by atoms with Crippen molar-refractivity contribution in [3.8, 4) is 0 Å². The maximum Gasteiger partial charge on any atom is 0.335 e. The zero-order chi connectivity index (χ0) is 10.1. The Morgan fingerprint density at radius 3 is 2.71 bits per heavy atom. The topological polar surface area (TPSA) is 70.8 Å². The van der Waals surface area contributed by atoms with Crippen LogP contribution in [0.5, 0.6) is 0 Å². The molecule has 5 nitrogen and oxygen atoms in total. The van der Waals surface area contributed by atoms with Crippen molar-refractivity contribution in [3.63, 3.8) is 0 Å². The van der Waals surface area contributed by atoms with Crippen LogP contribution in [0.1, 0.15) is 10.4 Å². The standard InChI is InChI=1S/C9H9NO4/c11-7-3-10(4-7)9(13)6-1-2-8(12)14-5-6/h1-2,5,7,11H,3-4H2. The first-order chi connectivity index (χ1) is 6.66. The molecule has 0 atom stereocenters. The summed E-state index contributed by atoms with van der Waals surface area (Å²) in [7, 11) is 0. The quantitative estimate of drug-likeness (QED) is 0.653. The van der Waals surface area contributed by atoms with E-state index < -0.39 is 11.7 Å². The summed E-state index contributed by atoms with van der Waals surface area (Å²) in [5, 5.41) is 8.99. The lowest BCUT2D eigenvalue weighted by molar-refractivity contribution is 0.00572. The maximum atomic E-state index is 11.5. The summed E-state index contributed by atoms with van der Waals surface area (Å²) in [4.78, 5) is 23.6. The van der Waals surface area contributed by atoms with Gasteiger partial charge in [0.05, 0.1) is 11.7 Å². The second-order valence-electron chi connectivity index (χ2n) is 3.21. The smallest absolute Gasteiger partial charge is 0.335 e. The molecule has 0 aliphatic carbocycles. The number of amides is 1. The van der Waals surface area contributed by atoms with Crippen LogP contribution in [-0.4, -0.2) is 35.1 Å². The van der Waals surface area contributed by atoms with Crippen LogP contribution in [0.4, 0.5) is 0 Å². The summed E-state index contributed by atoms with van der Waals surface area (Å²) in [6.45, 7) is 0.690. The van der Waals surface area contributed by atoms with Gasteiger partial charge in [0.15, 0.2) is 0 Å². The summed E-state index contributed by atoms with van der Waals surface area (Å²) < 4.78 is 4.56. The molecule has 0 bridgehead atoms. The van der Waals surface area contributed by atoms with Crippen molar-refractivity contribution in [3.05, 3.63) is 34.4 Å². The van der Waals surface area contributed by atoms with Crippen molar-refractivity contribution >= 4 is 5.91 Å². The Morgan fingerprint density at radius 1 is 1.50 bits per heavy atom. The highest BCUT2D eigenvalue weighted by Gasteiger charge is 2.29. The van der Waals surface area contributed by atoms with E-state index in [1.54, 1.807) is 0 Å². The number of rotatable bonds is 1. The fraction of sp³-hybridized carbons (Fsp3) is 0.333. The van der Waals surface area contributed by atoms with Crippen LogP contribution in [0, 0.1) is 0 Å². The Balaban J connectivity index is 2.12. The Morgan fingerprint density at radius 2 is 2.21 bits per heavy atom. The molecule has 0 spiro atoms. The van der Waals surface area contributed by atoms with Crippen LogP contribution in [-0.2, 0) is 0 Å². The van der Waals surface area contributed by atoms with E-state index >= 15 is 0 Å². The van der Waals surface area contributed by atoms with E-state index in [1.807, 2.05) is 0 Å². The predicted octanol–water partition coefficient (Wildman–Crippen LogP) is -0.544. The van der Waals surface area contributed by atoms with Gasteiger partial charge < -0.3 is 14.4 Å². The van der Waals surface area contributed by atoms with Gasteiger partial charge in [-0.15, -0.1) is 0 Å². The molecule has 1 N–H and O–H groups in total. The van der Waals surface area contributed by atoms with Crippen LogP contribution in [0.15, 0.2) is 27.6 Å². The fourth-order valence-corrected chi connectivity index (χ4v) is 1.28. The van der Waals surface area contributed by atoms with E-state index in [0.29, 0.717) is 18.7 Å². The van der Waals surface area contributed by atoms with E-state index in [2.05, 4.69) is 4.42 Å². The summed E-state index contributed by atoms with van der Waals surface area (Å²) >= 11 is 0. The molecule has 0 radical (unpaired) electrons. The SMILES string of the molecule is O=C(c1ccc(=O)oc1)N1CC(O)C1. The lowest BCUT2D eigenvalue weighted by Crippen LogP contribution is -2.53. The van der Waals surface area contributed by atoms with Gasteiger partial charge in [0.1, 0.15) is 6.26 Å². The molecular formula is C9H9NO4. The van der Waals surface area contributed by atoms with E-state index in [4.69, 9.17) is 5.11 Å². The number of carbonyl (C=O) groups is 1. The summed E-state index contributed by atoms with van der Waals surface area (Å²) in [6, 6.07) is 2.61.